The molecule has 5 heteroatoms. The average Bonchev–Trinajstić information content (AvgIpc) is 2.88. The molecule has 0 atom stereocenters. The lowest BCUT2D eigenvalue weighted by Gasteiger charge is -2.07. The van der Waals surface area contributed by atoms with Crippen LogP contribution in [0.1, 0.15) is 0 Å². The third kappa shape index (κ3) is 2.18. The number of hydrogen-bond donors (Lipinski definition) is 3. The predicted octanol–water partition coefficient (Wildman–Crippen LogP) is 2.17. The monoisotopic (exact) mass is 303 g/mol. The van der Waals surface area contributed by atoms with E-state index in [4.69, 9.17) is 0 Å². The lowest BCUT2D eigenvalue weighted by molar-refractivity contribution is 0.426. The number of para-hydroxylation sites is 1. The van der Waals surface area contributed by atoms with Gasteiger partial charge in [0.15, 0.2) is 0 Å². The smallest absolute Gasteiger partial charge is 0.488 e. The third-order valence-corrected chi connectivity index (χ3v) is 4.09. The van der Waals surface area contributed by atoms with E-state index in [2.05, 4.69) is 4.57 Å². The van der Waals surface area contributed by atoms with Crippen LogP contribution in [0.25, 0.3) is 27.5 Å². The minimum absolute atomic E-state index is 0.180. The molecule has 0 saturated carbocycles. The molecule has 0 bridgehead atoms. The second kappa shape index (κ2) is 5.16. The van der Waals surface area contributed by atoms with Crippen molar-refractivity contribution in [1.29, 1.82) is 0 Å². The Kier molecular flexibility index (Phi) is 3.11. The summed E-state index contributed by atoms with van der Waals surface area (Å²) in [6, 6.07) is 20.5. The molecule has 0 fully saturated rings. The number of benzene rings is 3. The largest absolute Gasteiger partial charge is 0.508 e. The fourth-order valence-corrected chi connectivity index (χ4v) is 3.04. The topological polar surface area (TPSA) is 65.6 Å². The number of aromatic nitrogens is 1. The van der Waals surface area contributed by atoms with Gasteiger partial charge in [-0.3, -0.25) is 0 Å². The maximum absolute atomic E-state index is 9.84. The number of phenols is 1. The zero-order chi connectivity index (χ0) is 16.0. The summed E-state index contributed by atoms with van der Waals surface area (Å²) in [5, 5.41) is 30.4. The molecule has 23 heavy (non-hydrogen) atoms. The van der Waals surface area contributed by atoms with Crippen molar-refractivity contribution < 1.29 is 15.2 Å². The number of phenolic OH excluding ortho intramolecular Hbond substituents is 1. The minimum Gasteiger partial charge on any atom is -0.508 e. The molecule has 0 saturated heterocycles. The number of fused-ring (bicyclic) bond motifs is 3. The van der Waals surface area contributed by atoms with Crippen LogP contribution in [-0.4, -0.2) is 26.8 Å². The highest BCUT2D eigenvalue weighted by atomic mass is 16.4. The molecule has 3 N–H and O–H groups in total. The second-order valence-electron chi connectivity index (χ2n) is 5.52. The molecule has 0 spiro atoms. The summed E-state index contributed by atoms with van der Waals surface area (Å²) in [7, 11) is -1.52. The maximum Gasteiger partial charge on any atom is 0.488 e. The zero-order valence-corrected chi connectivity index (χ0v) is 12.2. The number of rotatable bonds is 2. The highest BCUT2D eigenvalue weighted by Gasteiger charge is 2.16. The third-order valence-electron chi connectivity index (χ3n) is 4.09. The van der Waals surface area contributed by atoms with Crippen LogP contribution in [0.15, 0.2) is 66.7 Å². The van der Waals surface area contributed by atoms with Crippen molar-refractivity contribution in [2.24, 2.45) is 0 Å². The Morgan fingerprint density at radius 3 is 2.09 bits per heavy atom. The second-order valence-corrected chi connectivity index (χ2v) is 5.52. The number of hydrogen-bond acceptors (Lipinski definition) is 3. The van der Waals surface area contributed by atoms with Crippen molar-refractivity contribution in [3.63, 3.8) is 0 Å². The Labute approximate surface area is 133 Å². The van der Waals surface area contributed by atoms with Gasteiger partial charge >= 0.3 is 7.12 Å². The van der Waals surface area contributed by atoms with E-state index >= 15 is 0 Å². The first kappa shape index (κ1) is 13.9. The highest BCUT2D eigenvalue weighted by Crippen LogP contribution is 2.33. The van der Waals surface area contributed by atoms with Gasteiger partial charge in [-0.2, -0.15) is 0 Å². The minimum atomic E-state index is -1.52. The molecule has 1 heterocycles. The summed E-state index contributed by atoms with van der Waals surface area (Å²) in [4.78, 5) is 0. The summed E-state index contributed by atoms with van der Waals surface area (Å²) in [5.41, 5.74) is 3.33. The van der Waals surface area contributed by atoms with Crippen LogP contribution in [0.5, 0.6) is 5.75 Å². The van der Waals surface area contributed by atoms with E-state index in [1.54, 1.807) is 24.3 Å². The Morgan fingerprint density at radius 1 is 0.739 bits per heavy atom. The summed E-state index contributed by atoms with van der Waals surface area (Å²) >= 11 is 0. The van der Waals surface area contributed by atoms with E-state index in [9.17, 15) is 15.2 Å². The SMILES string of the molecule is OB(O)c1ccc2c(c1)c1cc(O)ccc1n2-c1ccccc1. The molecule has 0 radical (unpaired) electrons. The van der Waals surface area contributed by atoms with Gasteiger partial charge in [-0.15, -0.1) is 0 Å². The summed E-state index contributed by atoms with van der Waals surface area (Å²) in [5.74, 6) is 0.180. The van der Waals surface area contributed by atoms with Crippen LogP contribution < -0.4 is 5.46 Å². The average molecular weight is 303 g/mol. The Hall–Kier alpha value is -2.76. The molecule has 0 amide bonds. The Bertz CT molecular complexity index is 1010. The quantitative estimate of drug-likeness (QED) is 0.497. The van der Waals surface area contributed by atoms with E-state index in [-0.39, 0.29) is 5.75 Å². The molecule has 4 nitrogen and oxygen atoms in total. The van der Waals surface area contributed by atoms with Crippen molar-refractivity contribution >= 4 is 34.4 Å². The molecule has 4 aromatic rings. The Balaban J connectivity index is 2.16. The van der Waals surface area contributed by atoms with Crippen molar-refractivity contribution in [1.82, 2.24) is 4.57 Å². The molecular weight excluding hydrogens is 289 g/mol. The molecule has 0 unspecified atom stereocenters. The standard InChI is InChI=1S/C18H14BNO3/c21-14-7-9-18-16(11-14)15-10-12(19(22)23)6-8-17(15)20(18)13-4-2-1-3-5-13/h1-11,21-23H. The fourth-order valence-electron chi connectivity index (χ4n) is 3.04. The molecule has 0 aliphatic carbocycles. The summed E-state index contributed by atoms with van der Waals surface area (Å²) in [6.07, 6.45) is 0. The molecule has 0 aliphatic heterocycles. The van der Waals surface area contributed by atoms with Crippen molar-refractivity contribution in [2.75, 3.05) is 0 Å². The van der Waals surface area contributed by atoms with Crippen LogP contribution in [0.2, 0.25) is 0 Å². The summed E-state index contributed by atoms with van der Waals surface area (Å²) in [6.45, 7) is 0. The molecule has 3 aromatic carbocycles. The molecule has 1 aromatic heterocycles. The first-order valence-corrected chi connectivity index (χ1v) is 7.34. The first-order valence-electron chi connectivity index (χ1n) is 7.34. The first-order chi connectivity index (χ1) is 11.1. The maximum atomic E-state index is 9.84. The van der Waals surface area contributed by atoms with Crippen LogP contribution in [0.3, 0.4) is 0 Å². The van der Waals surface area contributed by atoms with E-state index in [1.165, 1.54) is 0 Å². The predicted molar refractivity (Wildman–Crippen MR) is 92.3 cm³/mol. The van der Waals surface area contributed by atoms with E-state index in [1.807, 2.05) is 42.5 Å². The van der Waals surface area contributed by atoms with E-state index in [0.29, 0.717) is 5.46 Å². The molecule has 112 valence electrons. The van der Waals surface area contributed by atoms with Gasteiger partial charge < -0.3 is 19.7 Å². The van der Waals surface area contributed by atoms with Gasteiger partial charge in [-0.1, -0.05) is 30.3 Å². The number of aromatic hydroxyl groups is 1. The molecule has 4 rings (SSSR count). The van der Waals surface area contributed by atoms with Crippen molar-refractivity contribution in [3.05, 3.63) is 66.7 Å². The Morgan fingerprint density at radius 2 is 1.39 bits per heavy atom. The lowest BCUT2D eigenvalue weighted by Crippen LogP contribution is -2.29. The highest BCUT2D eigenvalue weighted by molar-refractivity contribution is 6.59. The van der Waals surface area contributed by atoms with Gasteiger partial charge in [0.2, 0.25) is 0 Å². The molecule has 0 aliphatic rings. The van der Waals surface area contributed by atoms with Gasteiger partial charge in [0.1, 0.15) is 5.75 Å². The summed E-state index contributed by atoms with van der Waals surface area (Å²) < 4.78 is 2.09. The van der Waals surface area contributed by atoms with Crippen LogP contribution in [0.4, 0.5) is 0 Å². The van der Waals surface area contributed by atoms with Gasteiger partial charge in [-0.05, 0) is 41.9 Å². The lowest BCUT2D eigenvalue weighted by atomic mass is 9.80. The van der Waals surface area contributed by atoms with Crippen molar-refractivity contribution in [3.8, 4) is 11.4 Å². The fraction of sp³-hybridized carbons (Fsp3) is 0. The van der Waals surface area contributed by atoms with Crippen LogP contribution in [-0.2, 0) is 0 Å². The zero-order valence-electron chi connectivity index (χ0n) is 12.2. The number of nitrogens with zero attached hydrogens (tertiary/aromatic N) is 1. The van der Waals surface area contributed by atoms with Gasteiger partial charge in [-0.25, -0.2) is 0 Å². The van der Waals surface area contributed by atoms with Gasteiger partial charge in [0.25, 0.3) is 0 Å². The van der Waals surface area contributed by atoms with Crippen molar-refractivity contribution in [2.45, 2.75) is 0 Å². The van der Waals surface area contributed by atoms with Crippen LogP contribution >= 0.6 is 0 Å². The van der Waals surface area contributed by atoms with Crippen LogP contribution in [0, 0.1) is 0 Å². The normalized spacial score (nSPS) is 11.2. The molecular formula is C18H14BNO3. The van der Waals surface area contributed by atoms with Gasteiger partial charge in [0, 0.05) is 16.5 Å². The van der Waals surface area contributed by atoms with Gasteiger partial charge in [0.05, 0.1) is 11.0 Å². The van der Waals surface area contributed by atoms with E-state index in [0.717, 1.165) is 27.5 Å². The van der Waals surface area contributed by atoms with E-state index < -0.39 is 7.12 Å².